The molecule has 0 amide bonds. The Morgan fingerprint density at radius 1 is 1.10 bits per heavy atom. The van der Waals surface area contributed by atoms with Crippen molar-refractivity contribution in [1.29, 1.82) is 0 Å². The van der Waals surface area contributed by atoms with E-state index >= 15 is 0 Å². The molecule has 0 radical (unpaired) electrons. The summed E-state index contributed by atoms with van der Waals surface area (Å²) in [4.78, 5) is 0. The van der Waals surface area contributed by atoms with Crippen molar-refractivity contribution < 1.29 is 4.74 Å². The van der Waals surface area contributed by atoms with Crippen LogP contribution in [0.15, 0.2) is 18.2 Å². The van der Waals surface area contributed by atoms with Crippen molar-refractivity contribution in [1.82, 2.24) is 0 Å². The smallest absolute Gasteiger partial charge is 0.119 e. The van der Waals surface area contributed by atoms with Crippen LogP contribution >= 0.6 is 0 Å². The molecule has 0 aromatic heterocycles. The van der Waals surface area contributed by atoms with Crippen LogP contribution in [0.2, 0.25) is 0 Å². The Hall–Kier alpha value is -1.02. The molecule has 0 heterocycles. The molecule has 0 spiro atoms. The molecular weight excluding hydrogens is 246 g/mol. The Balaban J connectivity index is 2.24. The third-order valence-electron chi connectivity index (χ3n) is 3.89. The van der Waals surface area contributed by atoms with Gasteiger partial charge in [-0.3, -0.25) is 0 Å². The second kappa shape index (κ2) is 9.02. The second-order valence-electron chi connectivity index (χ2n) is 6.36. The fraction of sp³-hybridized carbons (Fsp3) is 0.667. The molecule has 1 atom stereocenters. The van der Waals surface area contributed by atoms with Crippen LogP contribution < -0.4 is 10.5 Å². The molecule has 0 bridgehead atoms. The van der Waals surface area contributed by atoms with E-state index in [-0.39, 0.29) is 0 Å². The highest BCUT2D eigenvalue weighted by Crippen LogP contribution is 2.19. The van der Waals surface area contributed by atoms with Crippen molar-refractivity contribution in [2.45, 2.75) is 59.9 Å². The monoisotopic (exact) mass is 277 g/mol. The van der Waals surface area contributed by atoms with Gasteiger partial charge < -0.3 is 10.5 Å². The lowest BCUT2D eigenvalue weighted by Gasteiger charge is -2.14. The third kappa shape index (κ3) is 6.42. The summed E-state index contributed by atoms with van der Waals surface area (Å²) in [6.07, 6.45) is 5.12. The quantitative estimate of drug-likeness (QED) is 0.711. The first-order valence-corrected chi connectivity index (χ1v) is 7.95. The average molecular weight is 277 g/mol. The maximum atomic E-state index is 5.84. The number of nitrogens with two attached hydrogens (primary N) is 1. The molecule has 0 aliphatic rings. The first kappa shape index (κ1) is 17.0. The summed E-state index contributed by atoms with van der Waals surface area (Å²) in [5.41, 5.74) is 8.08. The third-order valence-corrected chi connectivity index (χ3v) is 3.89. The molecule has 1 aromatic carbocycles. The zero-order valence-electron chi connectivity index (χ0n) is 13.6. The lowest BCUT2D eigenvalue weighted by atomic mass is 9.98. The van der Waals surface area contributed by atoms with Gasteiger partial charge in [-0.2, -0.15) is 0 Å². The van der Waals surface area contributed by atoms with Gasteiger partial charge >= 0.3 is 0 Å². The maximum Gasteiger partial charge on any atom is 0.119 e. The average Bonchev–Trinajstić information content (AvgIpc) is 2.38. The maximum absolute atomic E-state index is 5.84. The number of benzene rings is 1. The van der Waals surface area contributed by atoms with Crippen molar-refractivity contribution >= 4 is 0 Å². The standard InChI is InChI=1S/C18H31NO/c1-14(2)6-5-7-15(3)10-11-20-18-9-8-17(13-19)16(4)12-18/h8-9,12,14-15H,5-7,10-11,13,19H2,1-4H3. The van der Waals surface area contributed by atoms with Crippen molar-refractivity contribution in [3.05, 3.63) is 29.3 Å². The molecule has 0 aliphatic heterocycles. The Morgan fingerprint density at radius 3 is 2.45 bits per heavy atom. The molecular formula is C18H31NO. The van der Waals surface area contributed by atoms with E-state index in [1.807, 2.05) is 6.07 Å². The van der Waals surface area contributed by atoms with Gasteiger partial charge in [0.2, 0.25) is 0 Å². The van der Waals surface area contributed by atoms with E-state index < -0.39 is 0 Å². The number of aryl methyl sites for hydroxylation is 1. The van der Waals surface area contributed by atoms with Gasteiger partial charge in [0.15, 0.2) is 0 Å². The van der Waals surface area contributed by atoms with Gasteiger partial charge in [0.1, 0.15) is 5.75 Å². The molecule has 1 unspecified atom stereocenters. The summed E-state index contributed by atoms with van der Waals surface area (Å²) in [6.45, 7) is 10.4. The lowest BCUT2D eigenvalue weighted by Crippen LogP contribution is -2.05. The first-order valence-electron chi connectivity index (χ1n) is 7.95. The number of hydrogen-bond donors (Lipinski definition) is 1. The van der Waals surface area contributed by atoms with Gasteiger partial charge in [-0.05, 0) is 48.4 Å². The Labute approximate surface area is 124 Å². The topological polar surface area (TPSA) is 35.2 Å². The number of rotatable bonds is 9. The summed E-state index contributed by atoms with van der Waals surface area (Å²) in [6, 6.07) is 6.18. The molecule has 1 aromatic rings. The van der Waals surface area contributed by atoms with E-state index in [4.69, 9.17) is 10.5 Å². The number of hydrogen-bond acceptors (Lipinski definition) is 2. The highest BCUT2D eigenvalue weighted by molar-refractivity contribution is 5.34. The predicted molar refractivity (Wildman–Crippen MR) is 87.0 cm³/mol. The van der Waals surface area contributed by atoms with Crippen molar-refractivity contribution in [3.63, 3.8) is 0 Å². The number of ether oxygens (including phenoxy) is 1. The molecule has 0 aliphatic carbocycles. The van der Waals surface area contributed by atoms with Crippen LogP contribution in [-0.4, -0.2) is 6.61 Å². The molecule has 1 rings (SSSR count). The lowest BCUT2D eigenvalue weighted by molar-refractivity contribution is 0.275. The van der Waals surface area contributed by atoms with Gasteiger partial charge in [-0.25, -0.2) is 0 Å². The highest BCUT2D eigenvalue weighted by atomic mass is 16.5. The van der Waals surface area contributed by atoms with Crippen LogP contribution in [-0.2, 0) is 6.54 Å². The van der Waals surface area contributed by atoms with Crippen LogP contribution in [0.1, 0.15) is 57.6 Å². The fourth-order valence-electron chi connectivity index (χ4n) is 2.38. The van der Waals surface area contributed by atoms with Crippen LogP contribution in [0.4, 0.5) is 0 Å². The Bertz CT molecular complexity index is 387. The predicted octanol–water partition coefficient (Wildman–Crippen LogP) is 4.69. The molecule has 114 valence electrons. The van der Waals surface area contributed by atoms with Gasteiger partial charge in [-0.1, -0.05) is 46.1 Å². The minimum atomic E-state index is 0.596. The zero-order chi connectivity index (χ0) is 15.0. The van der Waals surface area contributed by atoms with Gasteiger partial charge in [0.05, 0.1) is 6.61 Å². The summed E-state index contributed by atoms with van der Waals surface area (Å²) >= 11 is 0. The second-order valence-corrected chi connectivity index (χ2v) is 6.36. The van der Waals surface area contributed by atoms with Gasteiger partial charge in [0, 0.05) is 6.54 Å². The SMILES string of the molecule is Cc1cc(OCCC(C)CCCC(C)C)ccc1CN. The van der Waals surface area contributed by atoms with E-state index in [0.717, 1.165) is 30.6 Å². The largest absolute Gasteiger partial charge is 0.494 e. The van der Waals surface area contributed by atoms with E-state index in [1.165, 1.54) is 30.4 Å². The minimum Gasteiger partial charge on any atom is -0.494 e. The van der Waals surface area contributed by atoms with Crippen molar-refractivity contribution in [2.75, 3.05) is 6.61 Å². The molecule has 2 nitrogen and oxygen atoms in total. The van der Waals surface area contributed by atoms with Crippen molar-refractivity contribution in [2.24, 2.45) is 17.6 Å². The molecule has 0 fully saturated rings. The normalized spacial score (nSPS) is 12.7. The Kier molecular flexibility index (Phi) is 7.68. The zero-order valence-corrected chi connectivity index (χ0v) is 13.6. The van der Waals surface area contributed by atoms with Gasteiger partial charge in [-0.15, -0.1) is 0 Å². The van der Waals surface area contributed by atoms with Crippen LogP contribution in [0.5, 0.6) is 5.75 Å². The molecule has 2 heteroatoms. The fourth-order valence-corrected chi connectivity index (χ4v) is 2.38. The Morgan fingerprint density at radius 2 is 1.85 bits per heavy atom. The summed E-state index contributed by atoms with van der Waals surface area (Å²) < 4.78 is 5.84. The first-order chi connectivity index (χ1) is 9.52. The van der Waals surface area contributed by atoms with E-state index in [9.17, 15) is 0 Å². The van der Waals surface area contributed by atoms with Crippen LogP contribution in [0, 0.1) is 18.8 Å². The van der Waals surface area contributed by atoms with Crippen LogP contribution in [0.25, 0.3) is 0 Å². The molecule has 20 heavy (non-hydrogen) atoms. The molecule has 2 N–H and O–H groups in total. The molecule has 0 saturated carbocycles. The highest BCUT2D eigenvalue weighted by Gasteiger charge is 2.05. The summed E-state index contributed by atoms with van der Waals surface area (Å²) in [5, 5.41) is 0. The van der Waals surface area contributed by atoms with Crippen LogP contribution in [0.3, 0.4) is 0 Å². The molecule has 0 saturated heterocycles. The van der Waals surface area contributed by atoms with Gasteiger partial charge in [0.25, 0.3) is 0 Å². The summed E-state index contributed by atoms with van der Waals surface area (Å²) in [5.74, 6) is 2.54. The summed E-state index contributed by atoms with van der Waals surface area (Å²) in [7, 11) is 0. The van der Waals surface area contributed by atoms with E-state index in [2.05, 4.69) is 39.8 Å². The van der Waals surface area contributed by atoms with E-state index in [1.54, 1.807) is 0 Å². The van der Waals surface area contributed by atoms with E-state index in [0.29, 0.717) is 6.54 Å². The minimum absolute atomic E-state index is 0.596. The van der Waals surface area contributed by atoms with Crippen molar-refractivity contribution in [3.8, 4) is 5.75 Å².